The lowest BCUT2D eigenvalue weighted by molar-refractivity contribution is -0.241. The molecule has 1 fully saturated rings. The van der Waals surface area contributed by atoms with Crippen LogP contribution in [-0.4, -0.2) is 101 Å². The molecule has 1 aliphatic carbocycles. The van der Waals surface area contributed by atoms with E-state index in [0.29, 0.717) is 0 Å². The van der Waals surface area contributed by atoms with E-state index in [2.05, 4.69) is 0 Å². The summed E-state index contributed by atoms with van der Waals surface area (Å²) < 4.78 is 42.8. The van der Waals surface area contributed by atoms with Gasteiger partial charge in [-0.3, -0.25) is 24.0 Å². The van der Waals surface area contributed by atoms with Crippen LogP contribution in [0.2, 0.25) is 36.3 Å². The van der Waals surface area contributed by atoms with Crippen molar-refractivity contribution in [2.24, 2.45) is 5.92 Å². The molecule has 1 saturated carbocycles. The number of aliphatic hydroxyl groups excluding tert-OH is 1. The molecule has 0 heterocycles. The minimum absolute atomic E-state index is 0.379. The van der Waals surface area contributed by atoms with Gasteiger partial charge in [0.05, 0.1) is 18.6 Å². The van der Waals surface area contributed by atoms with Crippen molar-refractivity contribution >= 4 is 46.5 Å². The molecule has 8 atom stereocenters. The Kier molecular flexibility index (Phi) is 14.2. The molecule has 0 bridgehead atoms. The van der Waals surface area contributed by atoms with Crippen LogP contribution in [0.25, 0.3) is 0 Å². The van der Waals surface area contributed by atoms with Gasteiger partial charge < -0.3 is 37.6 Å². The van der Waals surface area contributed by atoms with Crippen molar-refractivity contribution in [2.75, 3.05) is 6.61 Å². The van der Waals surface area contributed by atoms with Gasteiger partial charge in [-0.15, -0.1) is 0 Å². The number of esters is 5. The van der Waals surface area contributed by atoms with Crippen molar-refractivity contribution in [1.82, 2.24) is 0 Å². The van der Waals surface area contributed by atoms with Gasteiger partial charge in [0.25, 0.3) is 0 Å². The highest BCUT2D eigenvalue weighted by molar-refractivity contribution is 6.74. The highest BCUT2D eigenvalue weighted by Gasteiger charge is 2.60. The van der Waals surface area contributed by atoms with Gasteiger partial charge >= 0.3 is 29.8 Å². The number of aliphatic hydroxyl groups is 1. The maximum Gasteiger partial charge on any atom is 0.303 e. The molecule has 266 valence electrons. The van der Waals surface area contributed by atoms with Gasteiger partial charge in [-0.2, -0.15) is 0 Å². The van der Waals surface area contributed by atoms with Gasteiger partial charge in [-0.1, -0.05) is 41.5 Å². The van der Waals surface area contributed by atoms with E-state index in [-0.39, 0.29) is 5.04 Å². The van der Waals surface area contributed by atoms with Crippen molar-refractivity contribution in [3.05, 3.63) is 0 Å². The minimum Gasteiger partial charge on any atom is -0.458 e. The Morgan fingerprint density at radius 3 is 0.978 bits per heavy atom. The first kappa shape index (κ1) is 41.7. The van der Waals surface area contributed by atoms with E-state index in [1.165, 1.54) is 0 Å². The molecule has 0 aliphatic heterocycles. The molecule has 1 aliphatic rings. The molecular formula is C31H56O13Si2. The summed E-state index contributed by atoms with van der Waals surface area (Å²) in [6.07, 6.45) is -10.4. The van der Waals surface area contributed by atoms with E-state index < -0.39 is 107 Å². The number of hydrogen-bond acceptors (Lipinski definition) is 13. The van der Waals surface area contributed by atoms with Crippen LogP contribution >= 0.6 is 0 Å². The smallest absolute Gasteiger partial charge is 0.303 e. The second kappa shape index (κ2) is 15.7. The van der Waals surface area contributed by atoms with Crippen molar-refractivity contribution in [2.45, 2.75) is 155 Å². The van der Waals surface area contributed by atoms with Crippen LogP contribution < -0.4 is 0 Å². The van der Waals surface area contributed by atoms with Crippen LogP contribution in [0.4, 0.5) is 0 Å². The van der Waals surface area contributed by atoms with Gasteiger partial charge in [0.2, 0.25) is 0 Å². The SMILES string of the molecule is CC(=O)O[C@H]1[C@@H](OC(C)=O)[C@H](OC(C)=O)[C@H](OC(C)=O)[C@H](CO)[C@@H](O[Si](C)(C)C(C)(C)C)[C@H](O[Si](C)(C)C(C)(C)C)[C@H]1OC(C)=O. The lowest BCUT2D eigenvalue weighted by Crippen LogP contribution is -2.69. The largest absolute Gasteiger partial charge is 0.458 e. The zero-order chi connectivity index (χ0) is 36.2. The molecule has 1 N–H and O–H groups in total. The average molecular weight is 693 g/mol. The van der Waals surface area contributed by atoms with Crippen molar-refractivity contribution in [1.29, 1.82) is 0 Å². The van der Waals surface area contributed by atoms with Crippen molar-refractivity contribution in [3.63, 3.8) is 0 Å². The van der Waals surface area contributed by atoms with Crippen LogP contribution in [0.1, 0.15) is 76.2 Å². The summed E-state index contributed by atoms with van der Waals surface area (Å²) >= 11 is 0. The molecule has 0 spiro atoms. The topological polar surface area (TPSA) is 170 Å². The third kappa shape index (κ3) is 10.9. The lowest BCUT2D eigenvalue weighted by atomic mass is 9.79. The molecule has 1 rings (SSSR count). The zero-order valence-electron chi connectivity index (χ0n) is 30.2. The number of ether oxygens (including phenoxy) is 5. The molecule has 0 aromatic heterocycles. The Balaban J connectivity index is 4.49. The fourth-order valence-corrected chi connectivity index (χ4v) is 7.43. The third-order valence-corrected chi connectivity index (χ3v) is 17.9. The fourth-order valence-electron chi connectivity index (χ4n) is 4.79. The molecule has 0 radical (unpaired) electrons. The van der Waals surface area contributed by atoms with E-state index >= 15 is 0 Å². The molecular weight excluding hydrogens is 637 g/mol. The van der Waals surface area contributed by atoms with Gasteiger partial charge in [0.15, 0.2) is 41.1 Å². The predicted octanol–water partition coefficient (Wildman–Crippen LogP) is 4.05. The van der Waals surface area contributed by atoms with Crippen LogP contribution in [-0.2, 0) is 56.5 Å². The van der Waals surface area contributed by atoms with E-state index in [4.69, 9.17) is 32.5 Å². The first-order valence-electron chi connectivity index (χ1n) is 15.5. The Morgan fingerprint density at radius 1 is 0.478 bits per heavy atom. The highest BCUT2D eigenvalue weighted by atomic mass is 28.4. The Labute approximate surface area is 275 Å². The summed E-state index contributed by atoms with van der Waals surface area (Å²) in [6.45, 7) is 24.8. The molecule has 0 unspecified atom stereocenters. The number of carbonyl (C=O) groups excluding carboxylic acids is 5. The molecule has 0 amide bonds. The maximum atomic E-state index is 12.8. The first-order chi connectivity index (χ1) is 20.7. The van der Waals surface area contributed by atoms with Gasteiger partial charge in [0.1, 0.15) is 12.2 Å². The predicted molar refractivity (Wildman–Crippen MR) is 172 cm³/mol. The van der Waals surface area contributed by atoms with Crippen LogP contribution in [0.3, 0.4) is 0 Å². The second-order valence-electron chi connectivity index (χ2n) is 14.9. The van der Waals surface area contributed by atoms with E-state index in [9.17, 15) is 29.1 Å². The Hall–Kier alpha value is -2.34. The van der Waals surface area contributed by atoms with E-state index in [1.54, 1.807) is 0 Å². The quantitative estimate of drug-likeness (QED) is 0.198. The van der Waals surface area contributed by atoms with Crippen molar-refractivity contribution < 1.29 is 61.6 Å². The lowest BCUT2D eigenvalue weighted by Gasteiger charge is -2.52. The summed E-state index contributed by atoms with van der Waals surface area (Å²) in [7, 11) is -5.63. The summed E-state index contributed by atoms with van der Waals surface area (Å²) in [6, 6.07) is 0. The minimum atomic E-state index is -2.83. The van der Waals surface area contributed by atoms with Crippen molar-refractivity contribution in [3.8, 4) is 0 Å². The van der Waals surface area contributed by atoms with Gasteiger partial charge in [-0.05, 0) is 36.3 Å². The van der Waals surface area contributed by atoms with Gasteiger partial charge in [-0.25, -0.2) is 0 Å². The van der Waals surface area contributed by atoms with E-state index in [0.717, 1.165) is 34.6 Å². The molecule has 0 saturated heterocycles. The zero-order valence-corrected chi connectivity index (χ0v) is 32.2. The molecule has 13 nitrogen and oxygen atoms in total. The van der Waals surface area contributed by atoms with Crippen LogP contribution in [0.15, 0.2) is 0 Å². The highest BCUT2D eigenvalue weighted by Crippen LogP contribution is 2.45. The van der Waals surface area contributed by atoms with Crippen LogP contribution in [0, 0.1) is 5.92 Å². The second-order valence-corrected chi connectivity index (χ2v) is 24.4. The summed E-state index contributed by atoms with van der Waals surface area (Å²) in [5.74, 6) is -5.29. The summed E-state index contributed by atoms with van der Waals surface area (Å²) in [5.41, 5.74) is 0. The molecule has 46 heavy (non-hydrogen) atoms. The normalized spacial score (nSPS) is 27.8. The fraction of sp³-hybridized carbons (Fsp3) is 0.839. The molecule has 0 aromatic carbocycles. The molecule has 15 heteroatoms. The average Bonchev–Trinajstić information content (AvgIpc) is 2.83. The van der Waals surface area contributed by atoms with Crippen LogP contribution in [0.5, 0.6) is 0 Å². The number of hydrogen-bond donors (Lipinski definition) is 1. The number of carbonyl (C=O) groups is 5. The monoisotopic (exact) mass is 692 g/mol. The van der Waals surface area contributed by atoms with E-state index in [1.807, 2.05) is 67.7 Å². The molecule has 0 aromatic rings. The standard InChI is InChI=1S/C31H56O13Si2/c1-17(33)38-23-22(16-32)24(43-45(12,13)30(6,7)8)29(44-46(14,15)31(9,10)11)28(42-21(5)37)27(41-20(4)36)26(40-19(3)35)25(23)39-18(2)34/h22-29,32H,16H2,1-15H3/t22-,23+,24+,25+,26-,27-,28-,29-/m0/s1. The maximum absolute atomic E-state index is 12.8. The first-order valence-corrected chi connectivity index (χ1v) is 21.3. The Morgan fingerprint density at radius 2 is 0.717 bits per heavy atom. The summed E-state index contributed by atoms with van der Waals surface area (Å²) in [4.78, 5) is 63.2. The number of rotatable bonds is 10. The van der Waals surface area contributed by atoms with Gasteiger partial charge in [0, 0.05) is 34.6 Å². The summed E-state index contributed by atoms with van der Waals surface area (Å²) in [5, 5.41) is 10.3. The third-order valence-electron chi connectivity index (χ3n) is 8.98. The Bertz CT molecular complexity index is 1110.